The summed E-state index contributed by atoms with van der Waals surface area (Å²) in [6.07, 6.45) is 1.92. The standard InChI is InChI=1S/C17H17FN2/c1-13(7-8-14-5-3-2-4-6-14)20-17-10-9-16(18)11-15(17)12-19/h2-6,9-11,13,20H,7-8H2,1H3. The van der Waals surface area contributed by atoms with Crippen molar-refractivity contribution in [2.24, 2.45) is 0 Å². The molecule has 0 heterocycles. The molecule has 0 bridgehead atoms. The molecule has 0 saturated carbocycles. The minimum atomic E-state index is -0.385. The van der Waals surface area contributed by atoms with Gasteiger partial charge in [0.15, 0.2) is 0 Å². The quantitative estimate of drug-likeness (QED) is 0.885. The summed E-state index contributed by atoms with van der Waals surface area (Å²) in [5.41, 5.74) is 2.33. The molecule has 20 heavy (non-hydrogen) atoms. The van der Waals surface area contributed by atoms with E-state index < -0.39 is 0 Å². The molecule has 102 valence electrons. The number of benzene rings is 2. The summed E-state index contributed by atoms with van der Waals surface area (Å²) in [6.45, 7) is 2.06. The van der Waals surface area contributed by atoms with Gasteiger partial charge in [0.1, 0.15) is 11.9 Å². The zero-order valence-electron chi connectivity index (χ0n) is 11.4. The van der Waals surface area contributed by atoms with Crippen LogP contribution in [0, 0.1) is 17.1 Å². The number of nitriles is 1. The Balaban J connectivity index is 1.95. The van der Waals surface area contributed by atoms with Gasteiger partial charge in [-0.3, -0.25) is 0 Å². The van der Waals surface area contributed by atoms with Gasteiger partial charge in [-0.15, -0.1) is 0 Å². The summed E-state index contributed by atoms with van der Waals surface area (Å²) in [7, 11) is 0. The van der Waals surface area contributed by atoms with Crippen LogP contribution in [0.4, 0.5) is 10.1 Å². The summed E-state index contributed by atoms with van der Waals surface area (Å²) in [5, 5.41) is 12.3. The number of hydrogen-bond donors (Lipinski definition) is 1. The van der Waals surface area contributed by atoms with Gasteiger partial charge in [0, 0.05) is 6.04 Å². The average Bonchev–Trinajstić information content (AvgIpc) is 2.48. The van der Waals surface area contributed by atoms with Crippen molar-refractivity contribution in [1.82, 2.24) is 0 Å². The second-order valence-electron chi connectivity index (χ2n) is 4.87. The molecule has 0 saturated heterocycles. The van der Waals surface area contributed by atoms with Crippen molar-refractivity contribution in [2.45, 2.75) is 25.8 Å². The summed E-state index contributed by atoms with van der Waals surface area (Å²) < 4.78 is 13.1. The largest absolute Gasteiger partial charge is 0.382 e. The van der Waals surface area contributed by atoms with Crippen LogP contribution in [-0.2, 0) is 6.42 Å². The van der Waals surface area contributed by atoms with Crippen molar-refractivity contribution in [1.29, 1.82) is 5.26 Å². The van der Waals surface area contributed by atoms with Crippen LogP contribution in [0.2, 0.25) is 0 Å². The Bertz CT molecular complexity index is 602. The highest BCUT2D eigenvalue weighted by Crippen LogP contribution is 2.18. The van der Waals surface area contributed by atoms with E-state index in [1.807, 2.05) is 24.3 Å². The van der Waals surface area contributed by atoms with Crippen LogP contribution < -0.4 is 5.32 Å². The lowest BCUT2D eigenvalue weighted by atomic mass is 10.1. The highest BCUT2D eigenvalue weighted by molar-refractivity contribution is 5.57. The third-order valence-corrected chi connectivity index (χ3v) is 3.21. The van der Waals surface area contributed by atoms with E-state index in [2.05, 4.69) is 24.4 Å². The van der Waals surface area contributed by atoms with Crippen molar-refractivity contribution in [3.05, 3.63) is 65.5 Å². The van der Waals surface area contributed by atoms with E-state index in [1.165, 1.54) is 17.7 Å². The molecule has 2 aromatic carbocycles. The van der Waals surface area contributed by atoms with Crippen molar-refractivity contribution in [3.63, 3.8) is 0 Å². The summed E-state index contributed by atoms with van der Waals surface area (Å²) in [5.74, 6) is -0.385. The highest BCUT2D eigenvalue weighted by atomic mass is 19.1. The highest BCUT2D eigenvalue weighted by Gasteiger charge is 2.07. The summed E-state index contributed by atoms with van der Waals surface area (Å²) in [6, 6.07) is 16.7. The van der Waals surface area contributed by atoms with E-state index in [0.29, 0.717) is 11.3 Å². The lowest BCUT2D eigenvalue weighted by Gasteiger charge is -2.16. The second-order valence-corrected chi connectivity index (χ2v) is 4.87. The lowest BCUT2D eigenvalue weighted by molar-refractivity contribution is 0.627. The molecule has 0 aliphatic carbocycles. The minimum absolute atomic E-state index is 0.216. The first-order chi connectivity index (χ1) is 9.69. The van der Waals surface area contributed by atoms with E-state index in [9.17, 15) is 4.39 Å². The maximum Gasteiger partial charge on any atom is 0.124 e. The van der Waals surface area contributed by atoms with Crippen LogP contribution in [0.1, 0.15) is 24.5 Å². The Kier molecular flexibility index (Phi) is 4.73. The monoisotopic (exact) mass is 268 g/mol. The first-order valence-electron chi connectivity index (χ1n) is 6.69. The van der Waals surface area contributed by atoms with Gasteiger partial charge in [-0.2, -0.15) is 5.26 Å². The number of hydrogen-bond acceptors (Lipinski definition) is 2. The zero-order valence-corrected chi connectivity index (χ0v) is 11.4. The molecule has 0 aliphatic heterocycles. The van der Waals surface area contributed by atoms with Crippen LogP contribution in [0.3, 0.4) is 0 Å². The number of aryl methyl sites for hydroxylation is 1. The molecule has 2 aromatic rings. The fraction of sp³-hybridized carbons (Fsp3) is 0.235. The smallest absolute Gasteiger partial charge is 0.124 e. The SMILES string of the molecule is CC(CCc1ccccc1)Nc1ccc(F)cc1C#N. The van der Waals surface area contributed by atoms with Crippen molar-refractivity contribution in [2.75, 3.05) is 5.32 Å². The van der Waals surface area contributed by atoms with Gasteiger partial charge >= 0.3 is 0 Å². The van der Waals surface area contributed by atoms with Crippen LogP contribution in [0.15, 0.2) is 48.5 Å². The molecule has 1 unspecified atom stereocenters. The van der Waals surface area contributed by atoms with Crippen LogP contribution in [0.5, 0.6) is 0 Å². The first-order valence-corrected chi connectivity index (χ1v) is 6.69. The van der Waals surface area contributed by atoms with Crippen molar-refractivity contribution < 1.29 is 4.39 Å². The Morgan fingerprint density at radius 1 is 1.20 bits per heavy atom. The van der Waals surface area contributed by atoms with Gasteiger partial charge in [0.25, 0.3) is 0 Å². The number of rotatable bonds is 5. The molecular formula is C17H17FN2. The maximum atomic E-state index is 13.1. The molecule has 1 N–H and O–H groups in total. The molecule has 0 radical (unpaired) electrons. The first kappa shape index (κ1) is 14.1. The van der Waals surface area contributed by atoms with Crippen LogP contribution >= 0.6 is 0 Å². The maximum absolute atomic E-state index is 13.1. The average molecular weight is 268 g/mol. The zero-order chi connectivity index (χ0) is 14.4. The topological polar surface area (TPSA) is 35.8 Å². The number of nitrogens with zero attached hydrogens (tertiary/aromatic N) is 1. The molecule has 1 atom stereocenters. The van der Waals surface area contributed by atoms with E-state index in [-0.39, 0.29) is 11.9 Å². The molecule has 3 heteroatoms. The Morgan fingerprint density at radius 3 is 2.65 bits per heavy atom. The van der Waals surface area contributed by atoms with Gasteiger partial charge in [0.05, 0.1) is 11.3 Å². The van der Waals surface area contributed by atoms with Gasteiger partial charge in [0.2, 0.25) is 0 Å². The Morgan fingerprint density at radius 2 is 1.95 bits per heavy atom. The third kappa shape index (κ3) is 3.83. The Hall–Kier alpha value is -2.34. The summed E-state index contributed by atoms with van der Waals surface area (Å²) in [4.78, 5) is 0. The van der Waals surface area contributed by atoms with Gasteiger partial charge in [-0.1, -0.05) is 30.3 Å². The van der Waals surface area contributed by atoms with Crippen molar-refractivity contribution >= 4 is 5.69 Å². The van der Waals surface area contributed by atoms with E-state index in [1.54, 1.807) is 6.07 Å². The van der Waals surface area contributed by atoms with Gasteiger partial charge in [-0.05, 0) is 43.5 Å². The number of halogens is 1. The molecule has 0 aliphatic rings. The predicted molar refractivity (Wildman–Crippen MR) is 79.0 cm³/mol. The number of anilines is 1. The van der Waals surface area contributed by atoms with E-state index >= 15 is 0 Å². The molecule has 0 spiro atoms. The summed E-state index contributed by atoms with van der Waals surface area (Å²) >= 11 is 0. The normalized spacial score (nSPS) is 11.7. The fourth-order valence-corrected chi connectivity index (χ4v) is 2.10. The molecule has 0 aromatic heterocycles. The molecule has 0 amide bonds. The molecule has 2 rings (SSSR count). The van der Waals surface area contributed by atoms with Gasteiger partial charge < -0.3 is 5.32 Å². The van der Waals surface area contributed by atoms with Crippen LogP contribution in [-0.4, -0.2) is 6.04 Å². The lowest BCUT2D eigenvalue weighted by Crippen LogP contribution is -2.16. The third-order valence-electron chi connectivity index (χ3n) is 3.21. The van der Waals surface area contributed by atoms with Gasteiger partial charge in [-0.25, -0.2) is 4.39 Å². The molecule has 2 nitrogen and oxygen atoms in total. The van der Waals surface area contributed by atoms with Crippen LogP contribution in [0.25, 0.3) is 0 Å². The molecular weight excluding hydrogens is 251 g/mol. The minimum Gasteiger partial charge on any atom is -0.382 e. The number of nitrogens with one attached hydrogen (secondary N) is 1. The molecule has 0 fully saturated rings. The predicted octanol–water partition coefficient (Wildman–Crippen LogP) is 4.13. The van der Waals surface area contributed by atoms with Crippen molar-refractivity contribution in [3.8, 4) is 6.07 Å². The van der Waals surface area contributed by atoms with E-state index in [4.69, 9.17) is 5.26 Å². The Labute approximate surface area is 118 Å². The fourth-order valence-electron chi connectivity index (χ4n) is 2.10. The second kappa shape index (κ2) is 6.72. The van der Waals surface area contributed by atoms with E-state index in [0.717, 1.165) is 12.8 Å².